The summed E-state index contributed by atoms with van der Waals surface area (Å²) in [5, 5.41) is 26.2. The first-order valence-corrected chi connectivity index (χ1v) is 4.67. The molecule has 0 aliphatic rings. The maximum atomic E-state index is 9.51. The van der Waals surface area contributed by atoms with Crippen molar-refractivity contribution in [2.45, 2.75) is 12.2 Å². The van der Waals surface area contributed by atoms with Crippen LogP contribution in [-0.4, -0.2) is 39.4 Å². The maximum Gasteiger partial charge on any atom is 0.233 e. The van der Waals surface area contributed by atoms with Gasteiger partial charge >= 0.3 is 0 Å². The predicted octanol–water partition coefficient (Wildman–Crippen LogP) is -0.191. The Hall–Kier alpha value is -0.850. The van der Waals surface area contributed by atoms with E-state index in [9.17, 15) is 10.2 Å². The lowest BCUT2D eigenvalue weighted by molar-refractivity contribution is 0.0303. The van der Waals surface area contributed by atoms with Crippen LogP contribution < -0.4 is 4.74 Å². The fourth-order valence-electron chi connectivity index (χ4n) is 0.894. The molecule has 0 saturated heterocycles. The molecule has 6 heteroatoms. The number of hydrogen-bond acceptors (Lipinski definition) is 6. The summed E-state index contributed by atoms with van der Waals surface area (Å²) in [7, 11) is 1.47. The average molecular weight is 216 g/mol. The van der Waals surface area contributed by atoms with Crippen LogP contribution in [-0.2, 0) is 0 Å². The van der Waals surface area contributed by atoms with Gasteiger partial charge in [-0.15, -0.1) is 10.2 Å². The van der Waals surface area contributed by atoms with Crippen molar-refractivity contribution in [1.29, 1.82) is 0 Å². The zero-order valence-electron chi connectivity index (χ0n) is 7.66. The molecule has 1 aromatic rings. The number of aromatic nitrogens is 2. The van der Waals surface area contributed by atoms with Gasteiger partial charge < -0.3 is 14.9 Å². The van der Waals surface area contributed by atoms with E-state index in [2.05, 4.69) is 22.8 Å². The first-order valence-electron chi connectivity index (χ1n) is 4.03. The zero-order valence-corrected chi connectivity index (χ0v) is 8.56. The van der Waals surface area contributed by atoms with Crippen LogP contribution >= 0.6 is 12.6 Å². The van der Waals surface area contributed by atoms with Gasteiger partial charge in [0.1, 0.15) is 6.10 Å². The van der Waals surface area contributed by atoms with Crippen LogP contribution in [0.1, 0.15) is 11.8 Å². The Morgan fingerprint density at radius 1 is 1.43 bits per heavy atom. The highest BCUT2D eigenvalue weighted by Gasteiger charge is 2.18. The van der Waals surface area contributed by atoms with Crippen LogP contribution in [0.3, 0.4) is 0 Å². The van der Waals surface area contributed by atoms with E-state index in [1.807, 2.05) is 0 Å². The molecule has 2 unspecified atom stereocenters. The molecule has 0 fully saturated rings. The molecule has 1 heterocycles. The third-order valence-electron chi connectivity index (χ3n) is 1.72. The highest BCUT2D eigenvalue weighted by molar-refractivity contribution is 7.80. The quantitative estimate of drug-likeness (QED) is 0.608. The lowest BCUT2D eigenvalue weighted by Gasteiger charge is -2.14. The predicted molar refractivity (Wildman–Crippen MR) is 53.4 cm³/mol. The van der Waals surface area contributed by atoms with Crippen LogP contribution in [0.4, 0.5) is 0 Å². The highest BCUT2D eigenvalue weighted by Crippen LogP contribution is 2.16. The molecular formula is C8H12N2O3S. The summed E-state index contributed by atoms with van der Waals surface area (Å²) in [6.07, 6.45) is -2.01. The SMILES string of the molecule is COc1ccc(C(O)C(O)CS)nn1. The first-order chi connectivity index (χ1) is 6.69. The summed E-state index contributed by atoms with van der Waals surface area (Å²) in [6.45, 7) is 0. The molecule has 0 aliphatic carbocycles. The number of aliphatic hydroxyl groups is 2. The van der Waals surface area contributed by atoms with Crippen molar-refractivity contribution in [3.8, 4) is 5.88 Å². The molecule has 0 aromatic carbocycles. The van der Waals surface area contributed by atoms with E-state index in [0.717, 1.165) is 0 Å². The van der Waals surface area contributed by atoms with Gasteiger partial charge in [-0.2, -0.15) is 12.6 Å². The summed E-state index contributed by atoms with van der Waals surface area (Å²) in [6, 6.07) is 3.11. The summed E-state index contributed by atoms with van der Waals surface area (Å²) >= 11 is 3.86. The third kappa shape index (κ3) is 2.57. The van der Waals surface area contributed by atoms with Crippen molar-refractivity contribution in [2.75, 3.05) is 12.9 Å². The van der Waals surface area contributed by atoms with Crippen LogP contribution in [0.5, 0.6) is 5.88 Å². The number of aliphatic hydroxyl groups excluding tert-OH is 2. The van der Waals surface area contributed by atoms with Gasteiger partial charge in [0.15, 0.2) is 0 Å². The molecule has 78 valence electrons. The summed E-state index contributed by atoms with van der Waals surface area (Å²) in [5.41, 5.74) is 0.298. The molecule has 0 bridgehead atoms. The van der Waals surface area contributed by atoms with E-state index >= 15 is 0 Å². The van der Waals surface area contributed by atoms with Crippen LogP contribution in [0.15, 0.2) is 12.1 Å². The van der Waals surface area contributed by atoms with E-state index in [4.69, 9.17) is 4.74 Å². The van der Waals surface area contributed by atoms with Gasteiger partial charge in [0, 0.05) is 11.8 Å². The number of ether oxygens (including phenoxy) is 1. The molecule has 2 N–H and O–H groups in total. The number of thiol groups is 1. The van der Waals surface area contributed by atoms with Gasteiger partial charge in [-0.3, -0.25) is 0 Å². The molecule has 0 aliphatic heterocycles. The van der Waals surface area contributed by atoms with Crippen molar-refractivity contribution in [3.63, 3.8) is 0 Å². The normalized spacial score (nSPS) is 14.9. The number of rotatable bonds is 4. The van der Waals surface area contributed by atoms with E-state index in [-0.39, 0.29) is 5.75 Å². The number of hydrogen-bond donors (Lipinski definition) is 3. The third-order valence-corrected chi connectivity index (χ3v) is 2.10. The van der Waals surface area contributed by atoms with Gasteiger partial charge in [0.25, 0.3) is 0 Å². The molecule has 2 atom stereocenters. The lowest BCUT2D eigenvalue weighted by Crippen LogP contribution is -2.21. The molecule has 1 aromatic heterocycles. The Balaban J connectivity index is 2.75. The molecule has 0 amide bonds. The van der Waals surface area contributed by atoms with Crippen molar-refractivity contribution in [1.82, 2.24) is 10.2 Å². The Kier molecular flexibility index (Phi) is 4.12. The van der Waals surface area contributed by atoms with Crippen molar-refractivity contribution >= 4 is 12.6 Å². The fraction of sp³-hybridized carbons (Fsp3) is 0.500. The summed E-state index contributed by atoms with van der Waals surface area (Å²) in [4.78, 5) is 0. The molecule has 0 saturated carbocycles. The monoisotopic (exact) mass is 216 g/mol. The smallest absolute Gasteiger partial charge is 0.233 e. The van der Waals surface area contributed by atoms with Gasteiger partial charge in [-0.05, 0) is 6.07 Å². The topological polar surface area (TPSA) is 75.5 Å². The summed E-state index contributed by atoms with van der Waals surface area (Å²) < 4.78 is 4.80. The maximum absolute atomic E-state index is 9.51. The van der Waals surface area contributed by atoms with Crippen LogP contribution in [0.25, 0.3) is 0 Å². The average Bonchev–Trinajstić information content (AvgIpc) is 2.27. The molecule has 5 nitrogen and oxygen atoms in total. The second-order valence-electron chi connectivity index (χ2n) is 2.70. The van der Waals surface area contributed by atoms with Gasteiger partial charge in [-0.1, -0.05) is 0 Å². The van der Waals surface area contributed by atoms with E-state index < -0.39 is 12.2 Å². The second-order valence-corrected chi connectivity index (χ2v) is 3.06. The van der Waals surface area contributed by atoms with Crippen LogP contribution in [0, 0.1) is 0 Å². The van der Waals surface area contributed by atoms with Crippen molar-refractivity contribution in [2.24, 2.45) is 0 Å². The van der Waals surface area contributed by atoms with Gasteiger partial charge in [0.05, 0.1) is 18.9 Å². The number of nitrogens with zero attached hydrogens (tertiary/aromatic N) is 2. The molecule has 0 radical (unpaired) electrons. The fourth-order valence-corrected chi connectivity index (χ4v) is 1.09. The largest absolute Gasteiger partial charge is 0.480 e. The molecule has 1 rings (SSSR count). The number of methoxy groups -OCH3 is 1. The Morgan fingerprint density at radius 2 is 2.14 bits per heavy atom. The van der Waals surface area contributed by atoms with Crippen LogP contribution in [0.2, 0.25) is 0 Å². The highest BCUT2D eigenvalue weighted by atomic mass is 32.1. The van der Waals surface area contributed by atoms with Gasteiger partial charge in [0.2, 0.25) is 5.88 Å². The lowest BCUT2D eigenvalue weighted by atomic mass is 10.1. The zero-order chi connectivity index (χ0) is 10.6. The standard InChI is InChI=1S/C8H12N2O3S/c1-13-7-3-2-5(9-10-7)8(12)6(11)4-14/h2-3,6,8,11-12,14H,4H2,1H3. The Morgan fingerprint density at radius 3 is 2.57 bits per heavy atom. The van der Waals surface area contributed by atoms with E-state index in [0.29, 0.717) is 11.6 Å². The van der Waals surface area contributed by atoms with E-state index in [1.165, 1.54) is 7.11 Å². The van der Waals surface area contributed by atoms with Crippen molar-refractivity contribution < 1.29 is 14.9 Å². The minimum Gasteiger partial charge on any atom is -0.480 e. The second kappa shape index (κ2) is 5.14. The molecular weight excluding hydrogens is 204 g/mol. The summed E-state index contributed by atoms with van der Waals surface area (Å²) in [5.74, 6) is 0.524. The van der Waals surface area contributed by atoms with E-state index in [1.54, 1.807) is 12.1 Å². The first kappa shape index (κ1) is 11.2. The van der Waals surface area contributed by atoms with Crippen molar-refractivity contribution in [3.05, 3.63) is 17.8 Å². The minimum atomic E-state index is -1.06. The van der Waals surface area contributed by atoms with Gasteiger partial charge in [-0.25, -0.2) is 0 Å². The minimum absolute atomic E-state index is 0.162. The Labute approximate surface area is 87.2 Å². The molecule has 0 spiro atoms. The molecule has 14 heavy (non-hydrogen) atoms. The Bertz CT molecular complexity index is 280.